The Morgan fingerprint density at radius 2 is 2.19 bits per heavy atom. The fraction of sp³-hybridized carbons (Fsp3) is 0.909. The van der Waals surface area contributed by atoms with Gasteiger partial charge in [0.2, 0.25) is 0 Å². The van der Waals surface area contributed by atoms with Crippen LogP contribution < -0.4 is 5.48 Å². The van der Waals surface area contributed by atoms with E-state index in [2.05, 4.69) is 5.48 Å². The highest BCUT2D eigenvalue weighted by Crippen LogP contribution is 2.19. The molecule has 0 aromatic carbocycles. The van der Waals surface area contributed by atoms with Crippen LogP contribution in [0.3, 0.4) is 0 Å². The number of hydroxylamine groups is 1. The van der Waals surface area contributed by atoms with Crippen molar-refractivity contribution < 1.29 is 14.7 Å². The molecule has 0 bridgehead atoms. The molecule has 1 rings (SSSR count). The Kier molecular flexibility index (Phi) is 4.56. The third kappa shape index (κ3) is 3.98. The van der Waals surface area contributed by atoms with E-state index in [4.69, 9.17) is 9.94 Å². The van der Waals surface area contributed by atoms with Crippen molar-refractivity contribution in [3.63, 3.8) is 0 Å². The normalized spacial score (nSPS) is 22.0. The molecule has 0 radical (unpaired) electrons. The summed E-state index contributed by atoms with van der Waals surface area (Å²) in [4.78, 5) is 13.6. The Balaban J connectivity index is 2.57. The van der Waals surface area contributed by atoms with E-state index in [1.54, 1.807) is 4.90 Å². The lowest BCUT2D eigenvalue weighted by atomic mass is 10.0. The zero-order chi connectivity index (χ0) is 12.2. The fourth-order valence-corrected chi connectivity index (χ4v) is 1.88. The van der Waals surface area contributed by atoms with Crippen molar-refractivity contribution in [3.8, 4) is 0 Å². The lowest BCUT2D eigenvalue weighted by molar-refractivity contribution is 0.00509. The highest BCUT2D eigenvalue weighted by atomic mass is 16.6. The predicted octanol–water partition coefficient (Wildman–Crippen LogP) is 1.75. The topological polar surface area (TPSA) is 61.8 Å². The fourth-order valence-electron chi connectivity index (χ4n) is 1.88. The van der Waals surface area contributed by atoms with Crippen LogP contribution in [-0.4, -0.2) is 40.9 Å². The number of hydrogen-bond acceptors (Lipinski definition) is 4. The summed E-state index contributed by atoms with van der Waals surface area (Å²) in [6.07, 6.45) is 2.71. The second kappa shape index (κ2) is 5.50. The van der Waals surface area contributed by atoms with E-state index < -0.39 is 5.60 Å². The van der Waals surface area contributed by atoms with Gasteiger partial charge in [0.15, 0.2) is 0 Å². The van der Waals surface area contributed by atoms with Crippen molar-refractivity contribution in [1.82, 2.24) is 10.4 Å². The first-order valence-corrected chi connectivity index (χ1v) is 5.80. The van der Waals surface area contributed by atoms with Crippen molar-refractivity contribution in [2.75, 3.05) is 13.1 Å². The van der Waals surface area contributed by atoms with Crippen LogP contribution in [0.15, 0.2) is 0 Å². The number of amides is 1. The number of carbonyl (C=O) groups is 1. The van der Waals surface area contributed by atoms with Crippen molar-refractivity contribution >= 4 is 6.09 Å². The van der Waals surface area contributed by atoms with Gasteiger partial charge in [0, 0.05) is 19.1 Å². The van der Waals surface area contributed by atoms with E-state index in [9.17, 15) is 4.79 Å². The number of ether oxygens (including phenoxy) is 1. The zero-order valence-electron chi connectivity index (χ0n) is 10.3. The van der Waals surface area contributed by atoms with Crippen molar-refractivity contribution in [2.24, 2.45) is 0 Å². The summed E-state index contributed by atoms with van der Waals surface area (Å²) in [5, 5.41) is 8.72. The van der Waals surface area contributed by atoms with Crippen LogP contribution in [-0.2, 0) is 4.74 Å². The largest absolute Gasteiger partial charge is 0.444 e. The first-order valence-electron chi connectivity index (χ1n) is 5.80. The quantitative estimate of drug-likeness (QED) is 0.709. The van der Waals surface area contributed by atoms with Crippen LogP contribution >= 0.6 is 0 Å². The zero-order valence-corrected chi connectivity index (χ0v) is 10.3. The van der Waals surface area contributed by atoms with E-state index in [-0.39, 0.29) is 12.1 Å². The Morgan fingerprint density at radius 1 is 1.50 bits per heavy atom. The van der Waals surface area contributed by atoms with Crippen molar-refractivity contribution in [2.45, 2.75) is 51.7 Å². The van der Waals surface area contributed by atoms with Crippen LogP contribution in [0.4, 0.5) is 4.79 Å². The SMILES string of the molecule is CC(C)(C)OC(=O)N1CCCCC1CNO. The van der Waals surface area contributed by atoms with Gasteiger partial charge in [-0.3, -0.25) is 0 Å². The Labute approximate surface area is 96.7 Å². The number of rotatable bonds is 2. The highest BCUT2D eigenvalue weighted by molar-refractivity contribution is 5.68. The minimum Gasteiger partial charge on any atom is -0.444 e. The first kappa shape index (κ1) is 13.3. The summed E-state index contributed by atoms with van der Waals surface area (Å²) in [6.45, 7) is 6.68. The second-order valence-corrected chi connectivity index (χ2v) is 5.19. The maximum atomic E-state index is 11.9. The van der Waals surface area contributed by atoms with Crippen molar-refractivity contribution in [1.29, 1.82) is 0 Å². The molecule has 0 aliphatic carbocycles. The van der Waals surface area contributed by atoms with Gasteiger partial charge in [-0.25, -0.2) is 10.3 Å². The molecule has 1 aliphatic heterocycles. The van der Waals surface area contributed by atoms with E-state index in [0.29, 0.717) is 13.1 Å². The molecule has 16 heavy (non-hydrogen) atoms. The van der Waals surface area contributed by atoms with E-state index in [1.807, 2.05) is 20.8 Å². The van der Waals surface area contributed by atoms with E-state index in [0.717, 1.165) is 19.3 Å². The molecule has 1 unspecified atom stereocenters. The summed E-state index contributed by atoms with van der Waals surface area (Å²) >= 11 is 0. The maximum Gasteiger partial charge on any atom is 0.410 e. The number of hydrogen-bond donors (Lipinski definition) is 2. The van der Waals surface area contributed by atoms with Crippen LogP contribution in [0.1, 0.15) is 40.0 Å². The van der Waals surface area contributed by atoms with Gasteiger partial charge in [0.1, 0.15) is 5.60 Å². The molecule has 1 heterocycles. The van der Waals surface area contributed by atoms with Gasteiger partial charge in [-0.1, -0.05) is 0 Å². The summed E-state index contributed by atoms with van der Waals surface area (Å²) in [5.41, 5.74) is 1.67. The van der Waals surface area contributed by atoms with Gasteiger partial charge in [-0.15, -0.1) is 0 Å². The molecular formula is C11H22N2O3. The molecular weight excluding hydrogens is 208 g/mol. The van der Waals surface area contributed by atoms with Crippen molar-refractivity contribution in [3.05, 3.63) is 0 Å². The highest BCUT2D eigenvalue weighted by Gasteiger charge is 2.29. The Hall–Kier alpha value is -0.810. The van der Waals surface area contributed by atoms with Gasteiger partial charge >= 0.3 is 6.09 Å². The van der Waals surface area contributed by atoms with Crippen LogP contribution in [0.25, 0.3) is 0 Å². The van der Waals surface area contributed by atoms with Gasteiger partial charge < -0.3 is 14.8 Å². The third-order valence-electron chi connectivity index (χ3n) is 2.58. The summed E-state index contributed by atoms with van der Waals surface area (Å²) in [6, 6.07) is 0.0357. The lowest BCUT2D eigenvalue weighted by Gasteiger charge is -2.36. The standard InChI is InChI=1S/C11H22N2O3/c1-11(2,3)16-10(14)13-7-5-4-6-9(13)8-12-15/h9,12,15H,4-8H2,1-3H3. The van der Waals surface area contributed by atoms with E-state index in [1.165, 1.54) is 0 Å². The summed E-state index contributed by atoms with van der Waals surface area (Å²) in [7, 11) is 0. The molecule has 0 spiro atoms. The lowest BCUT2D eigenvalue weighted by Crippen LogP contribution is -2.49. The molecule has 5 nitrogen and oxygen atoms in total. The molecule has 1 saturated heterocycles. The Morgan fingerprint density at radius 3 is 2.75 bits per heavy atom. The van der Waals surface area contributed by atoms with Gasteiger partial charge in [0.05, 0.1) is 0 Å². The van der Waals surface area contributed by atoms with Crippen LogP contribution in [0.5, 0.6) is 0 Å². The number of nitrogens with one attached hydrogen (secondary N) is 1. The average molecular weight is 230 g/mol. The van der Waals surface area contributed by atoms with Gasteiger partial charge in [-0.2, -0.15) is 0 Å². The minimum absolute atomic E-state index is 0.0357. The molecule has 0 aromatic rings. The smallest absolute Gasteiger partial charge is 0.410 e. The molecule has 94 valence electrons. The average Bonchev–Trinajstić information content (AvgIpc) is 2.16. The number of carbonyl (C=O) groups excluding carboxylic acids is 1. The third-order valence-corrected chi connectivity index (χ3v) is 2.58. The summed E-state index contributed by atoms with van der Waals surface area (Å²) in [5.74, 6) is 0. The number of piperidine rings is 1. The monoisotopic (exact) mass is 230 g/mol. The summed E-state index contributed by atoms with van der Waals surface area (Å²) < 4.78 is 5.33. The predicted molar refractivity (Wildman–Crippen MR) is 60.4 cm³/mol. The molecule has 5 heteroatoms. The first-order chi connectivity index (χ1) is 7.44. The molecule has 1 aliphatic rings. The van der Waals surface area contributed by atoms with Crippen LogP contribution in [0, 0.1) is 0 Å². The molecule has 1 fully saturated rings. The molecule has 1 atom stereocenters. The molecule has 2 N–H and O–H groups in total. The van der Waals surface area contributed by atoms with Gasteiger partial charge in [-0.05, 0) is 40.0 Å². The maximum absolute atomic E-state index is 11.9. The minimum atomic E-state index is -0.467. The number of nitrogens with zero attached hydrogens (tertiary/aromatic N) is 1. The van der Waals surface area contributed by atoms with E-state index >= 15 is 0 Å². The Bertz CT molecular complexity index is 236. The molecule has 0 saturated carbocycles. The number of likely N-dealkylation sites (tertiary alicyclic amines) is 1. The molecule has 1 amide bonds. The molecule has 0 aromatic heterocycles. The van der Waals surface area contributed by atoms with Gasteiger partial charge in [0.25, 0.3) is 0 Å². The second-order valence-electron chi connectivity index (χ2n) is 5.19. The van der Waals surface area contributed by atoms with Crippen LogP contribution in [0.2, 0.25) is 0 Å².